The predicted molar refractivity (Wildman–Crippen MR) is 69.8 cm³/mol. The van der Waals surface area contributed by atoms with Gasteiger partial charge in [-0.3, -0.25) is 4.79 Å². The third-order valence-electron chi connectivity index (χ3n) is 2.76. The Kier molecular flexibility index (Phi) is 4.29. The standard InChI is InChI=1S/C14H21NO2/c1-9(2)11-7-12(10(3)6-13(11)16)14(17)8-15(4)5/h6-7,9,16H,8H2,1-5H3. The van der Waals surface area contributed by atoms with Gasteiger partial charge in [-0.25, -0.2) is 0 Å². The van der Waals surface area contributed by atoms with E-state index in [4.69, 9.17) is 0 Å². The Morgan fingerprint density at radius 3 is 2.41 bits per heavy atom. The van der Waals surface area contributed by atoms with Gasteiger partial charge in [-0.1, -0.05) is 13.8 Å². The normalized spacial score (nSPS) is 11.2. The largest absolute Gasteiger partial charge is 0.508 e. The van der Waals surface area contributed by atoms with Gasteiger partial charge in [-0.15, -0.1) is 0 Å². The number of benzene rings is 1. The zero-order valence-electron chi connectivity index (χ0n) is 11.2. The number of ketones is 1. The van der Waals surface area contributed by atoms with E-state index in [0.717, 1.165) is 11.1 Å². The van der Waals surface area contributed by atoms with Crippen molar-refractivity contribution in [3.63, 3.8) is 0 Å². The maximum atomic E-state index is 12.0. The Hall–Kier alpha value is -1.35. The van der Waals surface area contributed by atoms with Gasteiger partial charge in [0, 0.05) is 5.56 Å². The molecule has 1 aromatic rings. The Labute approximate surface area is 103 Å². The summed E-state index contributed by atoms with van der Waals surface area (Å²) in [5, 5.41) is 9.83. The van der Waals surface area contributed by atoms with Gasteiger partial charge < -0.3 is 10.0 Å². The van der Waals surface area contributed by atoms with Crippen LogP contribution in [-0.2, 0) is 0 Å². The summed E-state index contributed by atoms with van der Waals surface area (Å²) in [6.45, 7) is 6.26. The van der Waals surface area contributed by atoms with Crippen molar-refractivity contribution in [2.45, 2.75) is 26.7 Å². The molecule has 3 heteroatoms. The number of carbonyl (C=O) groups is 1. The van der Waals surface area contributed by atoms with Crippen LogP contribution in [0.2, 0.25) is 0 Å². The van der Waals surface area contributed by atoms with Gasteiger partial charge in [-0.2, -0.15) is 0 Å². The van der Waals surface area contributed by atoms with Crippen LogP contribution in [0.4, 0.5) is 0 Å². The Bertz CT molecular complexity index is 422. The number of aromatic hydroxyl groups is 1. The minimum absolute atomic E-state index is 0.0920. The summed E-state index contributed by atoms with van der Waals surface area (Å²) < 4.78 is 0. The second-order valence-electron chi connectivity index (χ2n) is 5.04. The summed E-state index contributed by atoms with van der Waals surface area (Å²) in [5.74, 6) is 0.579. The van der Waals surface area contributed by atoms with E-state index in [1.165, 1.54) is 0 Å². The molecule has 17 heavy (non-hydrogen) atoms. The minimum atomic E-state index is 0.0920. The number of likely N-dealkylation sites (N-methyl/N-ethyl adjacent to an activating group) is 1. The van der Waals surface area contributed by atoms with Crippen molar-refractivity contribution in [2.24, 2.45) is 0 Å². The highest BCUT2D eigenvalue weighted by atomic mass is 16.3. The highest BCUT2D eigenvalue weighted by Crippen LogP contribution is 2.28. The fourth-order valence-electron chi connectivity index (χ4n) is 1.84. The second-order valence-corrected chi connectivity index (χ2v) is 5.04. The van der Waals surface area contributed by atoms with E-state index in [-0.39, 0.29) is 17.5 Å². The summed E-state index contributed by atoms with van der Waals surface area (Å²) >= 11 is 0. The molecule has 1 aromatic carbocycles. The molecule has 0 amide bonds. The van der Waals surface area contributed by atoms with Gasteiger partial charge in [0.2, 0.25) is 0 Å². The van der Waals surface area contributed by atoms with Crippen LogP contribution in [-0.4, -0.2) is 36.4 Å². The van der Waals surface area contributed by atoms with Crippen molar-refractivity contribution in [1.82, 2.24) is 4.90 Å². The molecule has 0 radical (unpaired) electrons. The maximum Gasteiger partial charge on any atom is 0.177 e. The molecule has 94 valence electrons. The lowest BCUT2D eigenvalue weighted by molar-refractivity contribution is 0.0957. The Morgan fingerprint density at radius 2 is 1.94 bits per heavy atom. The maximum absolute atomic E-state index is 12.0. The number of phenolic OH excluding ortho intramolecular Hbond substituents is 1. The van der Waals surface area contributed by atoms with Crippen molar-refractivity contribution in [3.8, 4) is 5.75 Å². The summed E-state index contributed by atoms with van der Waals surface area (Å²) in [7, 11) is 3.74. The molecule has 3 nitrogen and oxygen atoms in total. The van der Waals surface area contributed by atoms with E-state index >= 15 is 0 Å². The molecule has 0 aromatic heterocycles. The highest BCUT2D eigenvalue weighted by Gasteiger charge is 2.15. The number of aryl methyl sites for hydroxylation is 1. The lowest BCUT2D eigenvalue weighted by Gasteiger charge is -2.14. The van der Waals surface area contributed by atoms with Gasteiger partial charge in [0.25, 0.3) is 0 Å². The van der Waals surface area contributed by atoms with Crippen LogP contribution in [0.3, 0.4) is 0 Å². The van der Waals surface area contributed by atoms with Crippen LogP contribution >= 0.6 is 0 Å². The molecule has 0 spiro atoms. The zero-order chi connectivity index (χ0) is 13.2. The first-order chi connectivity index (χ1) is 7.82. The Balaban J connectivity index is 3.16. The third-order valence-corrected chi connectivity index (χ3v) is 2.76. The second kappa shape index (κ2) is 5.32. The molecule has 1 N–H and O–H groups in total. The summed E-state index contributed by atoms with van der Waals surface area (Å²) in [6.07, 6.45) is 0. The summed E-state index contributed by atoms with van der Waals surface area (Å²) in [6, 6.07) is 3.50. The molecule has 0 fully saturated rings. The van der Waals surface area contributed by atoms with Crippen LogP contribution < -0.4 is 0 Å². The topological polar surface area (TPSA) is 40.5 Å². The van der Waals surface area contributed by atoms with Gasteiger partial charge in [0.15, 0.2) is 5.78 Å². The van der Waals surface area contributed by atoms with E-state index in [1.54, 1.807) is 6.07 Å². The molecule has 0 heterocycles. The average Bonchev–Trinajstić information content (AvgIpc) is 2.15. The lowest BCUT2D eigenvalue weighted by Crippen LogP contribution is -2.22. The van der Waals surface area contributed by atoms with E-state index in [2.05, 4.69) is 0 Å². The van der Waals surface area contributed by atoms with E-state index in [0.29, 0.717) is 12.1 Å². The molecule has 0 aliphatic carbocycles. The quantitative estimate of drug-likeness (QED) is 0.815. The first kappa shape index (κ1) is 13.7. The number of phenols is 1. The van der Waals surface area contributed by atoms with Gasteiger partial charge in [0.1, 0.15) is 5.75 Å². The number of carbonyl (C=O) groups excluding carboxylic acids is 1. The highest BCUT2D eigenvalue weighted by molar-refractivity contribution is 5.99. The number of nitrogens with zero attached hydrogens (tertiary/aromatic N) is 1. The fourth-order valence-corrected chi connectivity index (χ4v) is 1.84. The molecule has 0 saturated carbocycles. The predicted octanol–water partition coefficient (Wildman–Crippen LogP) is 2.57. The fraction of sp³-hybridized carbons (Fsp3) is 0.500. The number of hydrogen-bond acceptors (Lipinski definition) is 3. The minimum Gasteiger partial charge on any atom is -0.508 e. The monoisotopic (exact) mass is 235 g/mol. The van der Waals surface area contributed by atoms with Crippen LogP contribution in [0.15, 0.2) is 12.1 Å². The van der Waals surface area contributed by atoms with Crippen molar-refractivity contribution in [2.75, 3.05) is 20.6 Å². The van der Waals surface area contributed by atoms with Crippen LogP contribution in [0.1, 0.15) is 41.3 Å². The first-order valence-corrected chi connectivity index (χ1v) is 5.84. The SMILES string of the molecule is Cc1cc(O)c(C(C)C)cc1C(=O)CN(C)C. The molecule has 0 saturated heterocycles. The van der Waals surface area contributed by atoms with Crippen molar-refractivity contribution in [3.05, 3.63) is 28.8 Å². The lowest BCUT2D eigenvalue weighted by atomic mass is 9.94. The van der Waals surface area contributed by atoms with E-state index < -0.39 is 0 Å². The summed E-state index contributed by atoms with van der Waals surface area (Å²) in [4.78, 5) is 13.9. The molecule has 0 aliphatic heterocycles. The van der Waals surface area contributed by atoms with Gasteiger partial charge in [0.05, 0.1) is 6.54 Å². The van der Waals surface area contributed by atoms with Crippen LogP contribution in [0, 0.1) is 6.92 Å². The molecule has 0 aliphatic rings. The zero-order valence-corrected chi connectivity index (χ0v) is 11.2. The number of rotatable bonds is 4. The van der Waals surface area contributed by atoms with Crippen molar-refractivity contribution < 1.29 is 9.90 Å². The number of hydrogen-bond donors (Lipinski definition) is 1. The van der Waals surface area contributed by atoms with Crippen LogP contribution in [0.5, 0.6) is 5.75 Å². The number of Topliss-reactive ketones (excluding diaryl/α,β-unsaturated/α-hetero) is 1. The molecule has 0 unspecified atom stereocenters. The molecule has 1 rings (SSSR count). The van der Waals surface area contributed by atoms with Gasteiger partial charge >= 0.3 is 0 Å². The molecular weight excluding hydrogens is 214 g/mol. The molecule has 0 bridgehead atoms. The van der Waals surface area contributed by atoms with Crippen LogP contribution in [0.25, 0.3) is 0 Å². The smallest absolute Gasteiger partial charge is 0.177 e. The molecule has 0 atom stereocenters. The Morgan fingerprint density at radius 1 is 1.35 bits per heavy atom. The van der Waals surface area contributed by atoms with Gasteiger partial charge in [-0.05, 0) is 50.2 Å². The first-order valence-electron chi connectivity index (χ1n) is 5.84. The van der Waals surface area contributed by atoms with Crippen molar-refractivity contribution in [1.29, 1.82) is 0 Å². The van der Waals surface area contributed by atoms with E-state index in [1.807, 2.05) is 45.8 Å². The van der Waals surface area contributed by atoms with Crippen molar-refractivity contribution >= 4 is 5.78 Å². The third kappa shape index (κ3) is 3.30. The average molecular weight is 235 g/mol. The van der Waals surface area contributed by atoms with E-state index in [9.17, 15) is 9.90 Å². The molecular formula is C14H21NO2. The summed E-state index contributed by atoms with van der Waals surface area (Å²) in [5.41, 5.74) is 2.37.